The lowest BCUT2D eigenvalue weighted by Crippen LogP contribution is -2.37. The molecule has 0 unspecified atom stereocenters. The predicted molar refractivity (Wildman–Crippen MR) is 139 cm³/mol. The number of rotatable bonds is 13. The third kappa shape index (κ3) is 5.72. The smallest absolute Gasteiger partial charge is 0.336 e. The molecule has 1 heterocycles. The second kappa shape index (κ2) is 12.3. The Balaban J connectivity index is 2.17. The number of imide groups is 1. The van der Waals surface area contributed by atoms with E-state index in [1.54, 1.807) is 0 Å². The van der Waals surface area contributed by atoms with Gasteiger partial charge in [-0.1, -0.05) is 52.4 Å². The van der Waals surface area contributed by atoms with Gasteiger partial charge >= 0.3 is 5.97 Å². The summed E-state index contributed by atoms with van der Waals surface area (Å²) in [5, 5.41) is 15.3. The van der Waals surface area contributed by atoms with E-state index >= 15 is 0 Å². The quantitative estimate of drug-likeness (QED) is 0.143. The zero-order valence-electron chi connectivity index (χ0n) is 20.9. The van der Waals surface area contributed by atoms with Gasteiger partial charge in [0.2, 0.25) is 0 Å². The molecule has 0 fully saturated rings. The molecule has 5 N–H and O–H groups in total. The van der Waals surface area contributed by atoms with Crippen molar-refractivity contribution in [3.05, 3.63) is 46.0 Å². The number of nitrogens with zero attached hydrogens (tertiary/aromatic N) is 1. The summed E-state index contributed by atoms with van der Waals surface area (Å²) in [5.41, 5.74) is 6.42. The van der Waals surface area contributed by atoms with Crippen molar-refractivity contribution < 1.29 is 24.3 Å². The Kier molecular flexibility index (Phi) is 9.16. The summed E-state index contributed by atoms with van der Waals surface area (Å²) >= 11 is 0. The third-order valence-corrected chi connectivity index (χ3v) is 6.34. The van der Waals surface area contributed by atoms with Crippen molar-refractivity contribution in [2.45, 2.75) is 65.2 Å². The van der Waals surface area contributed by atoms with Crippen LogP contribution in [0.25, 0.3) is 10.8 Å². The van der Waals surface area contributed by atoms with Gasteiger partial charge in [-0.05, 0) is 31.0 Å². The van der Waals surface area contributed by atoms with Crippen LogP contribution in [0.4, 0.5) is 0 Å². The van der Waals surface area contributed by atoms with Gasteiger partial charge in [0.05, 0.1) is 11.1 Å². The monoisotopic (exact) mass is 494 g/mol. The topological polar surface area (TPSA) is 151 Å². The van der Waals surface area contributed by atoms with Gasteiger partial charge in [0.1, 0.15) is 5.84 Å². The summed E-state index contributed by atoms with van der Waals surface area (Å²) in [6.45, 7) is 5.12. The molecule has 36 heavy (non-hydrogen) atoms. The lowest BCUT2D eigenvalue weighted by atomic mass is 9.85. The summed E-state index contributed by atoms with van der Waals surface area (Å²) in [6.07, 6.45) is 7.89. The highest BCUT2D eigenvalue weighted by Gasteiger charge is 2.33. The second-order valence-electron chi connectivity index (χ2n) is 8.99. The van der Waals surface area contributed by atoms with Crippen LogP contribution in [0, 0.1) is 0 Å². The first kappa shape index (κ1) is 26.8. The standard InChI is InChI=1S/C27H34N4O5/c1-3-5-7-9-13-29-23(28)18-15-19(27(35)36)22-21-17(25(33)31-26(22)34)12-11-16(20(18)21)24(32)30-14-10-8-6-4-2/h11-12,15H,3-10,13-14H2,1-2H3,(H2,28,29)(H,30,32)(H,35,36)(H,31,33,34). The summed E-state index contributed by atoms with van der Waals surface area (Å²) in [5.74, 6) is -3.15. The van der Waals surface area contributed by atoms with Gasteiger partial charge < -0.3 is 16.2 Å². The fourth-order valence-electron chi connectivity index (χ4n) is 4.46. The number of aliphatic imine (C=N–C) groups is 1. The molecular formula is C27H34N4O5. The lowest BCUT2D eigenvalue weighted by molar-refractivity contribution is 0.0687. The first-order valence-corrected chi connectivity index (χ1v) is 12.6. The number of unbranched alkanes of at least 4 members (excludes halogenated alkanes) is 6. The molecule has 0 aromatic heterocycles. The molecule has 0 radical (unpaired) electrons. The van der Waals surface area contributed by atoms with Crippen LogP contribution in [-0.2, 0) is 0 Å². The zero-order valence-corrected chi connectivity index (χ0v) is 20.9. The molecule has 1 aliphatic rings. The van der Waals surface area contributed by atoms with Crippen molar-refractivity contribution in [2.75, 3.05) is 13.1 Å². The molecule has 0 aliphatic carbocycles. The van der Waals surface area contributed by atoms with E-state index in [4.69, 9.17) is 5.73 Å². The Morgan fingerprint density at radius 1 is 0.917 bits per heavy atom. The second-order valence-corrected chi connectivity index (χ2v) is 8.99. The average Bonchev–Trinajstić information content (AvgIpc) is 2.85. The van der Waals surface area contributed by atoms with E-state index < -0.39 is 17.8 Å². The minimum Gasteiger partial charge on any atom is -0.478 e. The molecule has 0 atom stereocenters. The highest BCUT2D eigenvalue weighted by molar-refractivity contribution is 6.32. The number of amides is 3. The van der Waals surface area contributed by atoms with E-state index in [0.717, 1.165) is 51.4 Å². The summed E-state index contributed by atoms with van der Waals surface area (Å²) in [6, 6.07) is 4.23. The number of carboxylic acids is 1. The number of carboxylic acid groups (broad SMARTS) is 1. The van der Waals surface area contributed by atoms with E-state index in [-0.39, 0.29) is 50.3 Å². The number of hydrogen-bond acceptors (Lipinski definition) is 5. The van der Waals surface area contributed by atoms with Gasteiger partial charge in [-0.25, -0.2) is 4.79 Å². The summed E-state index contributed by atoms with van der Waals surface area (Å²) in [7, 11) is 0. The molecule has 9 heteroatoms. The van der Waals surface area contributed by atoms with E-state index in [9.17, 15) is 24.3 Å². The maximum Gasteiger partial charge on any atom is 0.336 e. The van der Waals surface area contributed by atoms with Crippen LogP contribution in [0.15, 0.2) is 23.2 Å². The molecule has 9 nitrogen and oxygen atoms in total. The largest absolute Gasteiger partial charge is 0.478 e. The minimum atomic E-state index is -1.34. The average molecular weight is 495 g/mol. The first-order valence-electron chi connectivity index (χ1n) is 12.6. The molecule has 192 valence electrons. The van der Waals surface area contributed by atoms with Gasteiger partial charge in [0.25, 0.3) is 17.7 Å². The molecule has 1 aliphatic heterocycles. The van der Waals surface area contributed by atoms with Crippen LogP contribution in [-0.4, -0.2) is 47.7 Å². The fourth-order valence-corrected chi connectivity index (χ4v) is 4.46. The van der Waals surface area contributed by atoms with Gasteiger partial charge in [0.15, 0.2) is 0 Å². The summed E-state index contributed by atoms with van der Waals surface area (Å²) in [4.78, 5) is 55.2. The molecule has 3 rings (SSSR count). The number of nitrogens with one attached hydrogen (secondary N) is 2. The number of benzene rings is 2. The van der Waals surface area contributed by atoms with E-state index in [1.165, 1.54) is 18.2 Å². The van der Waals surface area contributed by atoms with Crippen LogP contribution >= 0.6 is 0 Å². The Hall–Kier alpha value is -3.75. The number of carbonyl (C=O) groups excluding carboxylic acids is 3. The van der Waals surface area contributed by atoms with Gasteiger partial charge in [0, 0.05) is 40.6 Å². The fraction of sp³-hybridized carbons (Fsp3) is 0.444. The Bertz CT molecular complexity index is 1220. The van der Waals surface area contributed by atoms with E-state index in [2.05, 4.69) is 29.5 Å². The van der Waals surface area contributed by atoms with Crippen LogP contribution in [0.2, 0.25) is 0 Å². The SMILES string of the molecule is CCCCCCN=C(N)c1cc(C(=O)O)c2c3c(ccc(C(=O)NCCCCCC)c13)C(=O)NC2=O. The number of aromatic carboxylic acids is 1. The van der Waals surface area contributed by atoms with Gasteiger partial charge in [-0.3, -0.25) is 24.7 Å². The third-order valence-electron chi connectivity index (χ3n) is 6.34. The molecule has 0 saturated heterocycles. The molecular weight excluding hydrogens is 460 g/mol. The number of hydrogen-bond donors (Lipinski definition) is 4. The van der Waals surface area contributed by atoms with Gasteiger partial charge in [-0.15, -0.1) is 0 Å². The van der Waals surface area contributed by atoms with Crippen LogP contribution < -0.4 is 16.4 Å². The van der Waals surface area contributed by atoms with E-state index in [0.29, 0.717) is 13.1 Å². The van der Waals surface area contributed by atoms with Crippen molar-refractivity contribution in [2.24, 2.45) is 10.7 Å². The maximum absolute atomic E-state index is 13.2. The first-order chi connectivity index (χ1) is 17.3. The summed E-state index contributed by atoms with van der Waals surface area (Å²) < 4.78 is 0. The predicted octanol–water partition coefficient (Wildman–Crippen LogP) is 4.02. The highest BCUT2D eigenvalue weighted by Crippen LogP contribution is 2.34. The Morgan fingerprint density at radius 3 is 2.28 bits per heavy atom. The minimum absolute atomic E-state index is 0.0631. The Labute approximate surface area is 210 Å². The molecule has 2 aromatic carbocycles. The van der Waals surface area contributed by atoms with Crippen molar-refractivity contribution in [3.63, 3.8) is 0 Å². The van der Waals surface area contributed by atoms with Crippen LogP contribution in [0.5, 0.6) is 0 Å². The van der Waals surface area contributed by atoms with Crippen molar-refractivity contribution in [3.8, 4) is 0 Å². The number of carbonyl (C=O) groups is 4. The number of nitrogens with two attached hydrogens (primary N) is 1. The van der Waals surface area contributed by atoms with Crippen LogP contribution in [0.3, 0.4) is 0 Å². The van der Waals surface area contributed by atoms with E-state index in [1.807, 2.05) is 0 Å². The number of amidine groups is 1. The molecule has 3 amide bonds. The lowest BCUT2D eigenvalue weighted by Gasteiger charge is -2.22. The molecule has 0 bridgehead atoms. The molecule has 0 saturated carbocycles. The van der Waals surface area contributed by atoms with Gasteiger partial charge in [-0.2, -0.15) is 0 Å². The highest BCUT2D eigenvalue weighted by atomic mass is 16.4. The Morgan fingerprint density at radius 2 is 1.61 bits per heavy atom. The maximum atomic E-state index is 13.2. The molecule has 2 aromatic rings. The molecule has 0 spiro atoms. The van der Waals surface area contributed by atoms with Crippen molar-refractivity contribution >= 4 is 40.3 Å². The van der Waals surface area contributed by atoms with Crippen LogP contribution in [0.1, 0.15) is 112 Å². The normalized spacial score (nSPS) is 13.1. The van der Waals surface area contributed by atoms with Crippen molar-refractivity contribution in [1.82, 2.24) is 10.6 Å². The zero-order chi connectivity index (χ0) is 26.2. The van der Waals surface area contributed by atoms with Crippen molar-refractivity contribution in [1.29, 1.82) is 0 Å².